The highest BCUT2D eigenvalue weighted by Crippen LogP contribution is 2.23. The average molecular weight is 344 g/mol. The van der Waals surface area contributed by atoms with Crippen molar-refractivity contribution in [2.45, 2.75) is 26.0 Å². The van der Waals surface area contributed by atoms with E-state index in [-0.39, 0.29) is 18.3 Å². The summed E-state index contributed by atoms with van der Waals surface area (Å²) in [6.07, 6.45) is 1.98. The van der Waals surface area contributed by atoms with Crippen LogP contribution in [0.3, 0.4) is 0 Å². The van der Waals surface area contributed by atoms with Crippen molar-refractivity contribution in [1.29, 1.82) is 0 Å². The first kappa shape index (κ1) is 17.2. The van der Waals surface area contributed by atoms with E-state index >= 15 is 0 Å². The van der Waals surface area contributed by atoms with Gasteiger partial charge in [-0.15, -0.1) is 0 Å². The van der Waals surface area contributed by atoms with Crippen LogP contribution >= 0.6 is 11.6 Å². The Bertz CT molecular complexity index is 682. The van der Waals surface area contributed by atoms with E-state index in [2.05, 4.69) is 4.90 Å². The summed E-state index contributed by atoms with van der Waals surface area (Å²) in [5, 5.41) is 9.85. The highest BCUT2D eigenvalue weighted by molar-refractivity contribution is 6.30. The minimum atomic E-state index is 0.00672. The number of benzene rings is 2. The standard InChI is InChI=1S/C20H22ClNO2/c21-19-9-5-15(6-10-19)12-22-11-1-2-18(13-22)20(24)17-7-3-16(14-23)4-8-17/h3-10,18,23H,1-2,11-14H2. The summed E-state index contributed by atoms with van der Waals surface area (Å²) in [6.45, 7) is 2.68. The number of ketones is 1. The quantitative estimate of drug-likeness (QED) is 0.836. The number of hydrogen-bond acceptors (Lipinski definition) is 3. The molecule has 0 spiro atoms. The molecule has 1 saturated heterocycles. The summed E-state index contributed by atoms with van der Waals surface area (Å²) >= 11 is 5.93. The molecule has 2 aromatic rings. The second-order valence-electron chi connectivity index (χ2n) is 6.42. The Hall–Kier alpha value is -1.68. The minimum absolute atomic E-state index is 0.00672. The maximum atomic E-state index is 12.7. The summed E-state index contributed by atoms with van der Waals surface area (Å²) in [7, 11) is 0. The van der Waals surface area contributed by atoms with Gasteiger partial charge in [0.15, 0.2) is 5.78 Å². The highest BCUT2D eigenvalue weighted by Gasteiger charge is 2.26. The van der Waals surface area contributed by atoms with Crippen molar-refractivity contribution in [2.75, 3.05) is 13.1 Å². The normalized spacial score (nSPS) is 18.5. The third-order valence-corrected chi connectivity index (χ3v) is 4.87. The van der Waals surface area contributed by atoms with Gasteiger partial charge in [-0.1, -0.05) is 48.0 Å². The summed E-state index contributed by atoms with van der Waals surface area (Å²) in [5.41, 5.74) is 2.80. The van der Waals surface area contributed by atoms with Crippen molar-refractivity contribution < 1.29 is 9.90 Å². The predicted octanol–water partition coefficient (Wildman–Crippen LogP) is 3.93. The molecule has 0 bridgehead atoms. The third-order valence-electron chi connectivity index (χ3n) is 4.62. The fraction of sp³-hybridized carbons (Fsp3) is 0.350. The predicted molar refractivity (Wildman–Crippen MR) is 96.1 cm³/mol. The zero-order valence-corrected chi connectivity index (χ0v) is 14.4. The van der Waals surface area contributed by atoms with Crippen LogP contribution in [0, 0.1) is 5.92 Å². The summed E-state index contributed by atoms with van der Waals surface area (Å²) in [6, 6.07) is 15.2. The van der Waals surface area contributed by atoms with E-state index in [4.69, 9.17) is 16.7 Å². The maximum absolute atomic E-state index is 12.7. The molecule has 1 aliphatic rings. The van der Waals surface area contributed by atoms with E-state index in [0.717, 1.165) is 48.6 Å². The number of carbonyl (C=O) groups is 1. The SMILES string of the molecule is O=C(c1ccc(CO)cc1)C1CCCN(Cc2ccc(Cl)cc2)C1. The summed E-state index contributed by atoms with van der Waals surface area (Å²) in [5.74, 6) is 0.256. The number of hydrogen-bond donors (Lipinski definition) is 1. The Morgan fingerprint density at radius 3 is 2.42 bits per heavy atom. The van der Waals surface area contributed by atoms with Crippen LogP contribution in [0.15, 0.2) is 48.5 Å². The van der Waals surface area contributed by atoms with Crippen LogP contribution in [0.5, 0.6) is 0 Å². The highest BCUT2D eigenvalue weighted by atomic mass is 35.5. The van der Waals surface area contributed by atoms with E-state index in [0.29, 0.717) is 0 Å². The zero-order chi connectivity index (χ0) is 16.9. The second kappa shape index (κ2) is 7.93. The first-order valence-corrected chi connectivity index (χ1v) is 8.74. The van der Waals surface area contributed by atoms with E-state index in [1.165, 1.54) is 5.56 Å². The molecular formula is C20H22ClNO2. The lowest BCUT2D eigenvalue weighted by atomic mass is 9.89. The second-order valence-corrected chi connectivity index (χ2v) is 6.86. The molecule has 0 aromatic heterocycles. The Morgan fingerprint density at radius 1 is 1.08 bits per heavy atom. The van der Waals surface area contributed by atoms with Crippen molar-refractivity contribution in [1.82, 2.24) is 4.90 Å². The molecule has 1 unspecified atom stereocenters. The van der Waals surface area contributed by atoms with Gasteiger partial charge in [0.05, 0.1) is 6.61 Å². The van der Waals surface area contributed by atoms with Crippen molar-refractivity contribution >= 4 is 17.4 Å². The lowest BCUT2D eigenvalue weighted by molar-refractivity contribution is 0.0811. The molecule has 3 nitrogen and oxygen atoms in total. The zero-order valence-electron chi connectivity index (χ0n) is 13.6. The monoisotopic (exact) mass is 343 g/mol. The molecule has 126 valence electrons. The van der Waals surface area contributed by atoms with Crippen molar-refractivity contribution in [3.05, 3.63) is 70.2 Å². The van der Waals surface area contributed by atoms with Gasteiger partial charge in [-0.25, -0.2) is 0 Å². The van der Waals surface area contributed by atoms with Gasteiger partial charge in [0.2, 0.25) is 0 Å². The molecular weight excluding hydrogens is 322 g/mol. The average Bonchev–Trinajstić information content (AvgIpc) is 2.63. The Labute approximate surface area is 147 Å². The number of likely N-dealkylation sites (tertiary alicyclic amines) is 1. The molecule has 24 heavy (non-hydrogen) atoms. The maximum Gasteiger partial charge on any atom is 0.167 e. The number of nitrogens with zero attached hydrogens (tertiary/aromatic N) is 1. The molecule has 4 heteroatoms. The smallest absolute Gasteiger partial charge is 0.167 e. The van der Waals surface area contributed by atoms with Gasteiger partial charge in [-0.2, -0.15) is 0 Å². The number of piperidine rings is 1. The molecule has 1 fully saturated rings. The number of rotatable bonds is 5. The third kappa shape index (κ3) is 4.23. The first-order chi connectivity index (χ1) is 11.7. The molecule has 1 heterocycles. The number of aliphatic hydroxyl groups is 1. The fourth-order valence-electron chi connectivity index (χ4n) is 3.27. The molecule has 1 N–H and O–H groups in total. The van der Waals surface area contributed by atoms with E-state index in [1.807, 2.05) is 48.5 Å². The van der Waals surface area contributed by atoms with Gasteiger partial charge in [0.25, 0.3) is 0 Å². The van der Waals surface area contributed by atoms with Gasteiger partial charge >= 0.3 is 0 Å². The molecule has 0 radical (unpaired) electrons. The van der Waals surface area contributed by atoms with Crippen molar-refractivity contribution in [2.24, 2.45) is 5.92 Å². The van der Waals surface area contributed by atoms with Gasteiger partial charge in [0, 0.05) is 29.6 Å². The Morgan fingerprint density at radius 2 is 1.75 bits per heavy atom. The van der Waals surface area contributed by atoms with Crippen LogP contribution in [0.1, 0.15) is 34.3 Å². The van der Waals surface area contributed by atoms with E-state index in [9.17, 15) is 4.79 Å². The first-order valence-electron chi connectivity index (χ1n) is 8.36. The number of carbonyl (C=O) groups excluding carboxylic acids is 1. The van der Waals surface area contributed by atoms with Gasteiger partial charge in [-0.05, 0) is 42.6 Å². The molecule has 0 saturated carbocycles. The van der Waals surface area contributed by atoms with Crippen LogP contribution < -0.4 is 0 Å². The molecule has 1 aliphatic heterocycles. The minimum Gasteiger partial charge on any atom is -0.392 e. The fourth-order valence-corrected chi connectivity index (χ4v) is 3.40. The molecule has 3 rings (SSSR count). The van der Waals surface area contributed by atoms with Crippen LogP contribution in [0.4, 0.5) is 0 Å². The molecule has 1 atom stereocenters. The molecule has 0 aliphatic carbocycles. The van der Waals surface area contributed by atoms with Crippen LogP contribution in [-0.2, 0) is 13.2 Å². The van der Waals surface area contributed by atoms with Crippen molar-refractivity contribution in [3.8, 4) is 0 Å². The lowest BCUT2D eigenvalue weighted by Gasteiger charge is -2.32. The summed E-state index contributed by atoms with van der Waals surface area (Å²) < 4.78 is 0. The van der Waals surface area contributed by atoms with Gasteiger partial charge in [-0.3, -0.25) is 9.69 Å². The number of halogens is 1. The van der Waals surface area contributed by atoms with Crippen molar-refractivity contribution in [3.63, 3.8) is 0 Å². The van der Waals surface area contributed by atoms with Gasteiger partial charge in [0.1, 0.15) is 0 Å². The van der Waals surface area contributed by atoms with Crippen LogP contribution in [0.2, 0.25) is 5.02 Å². The summed E-state index contributed by atoms with van der Waals surface area (Å²) in [4.78, 5) is 15.1. The number of aliphatic hydroxyl groups excluding tert-OH is 1. The topological polar surface area (TPSA) is 40.5 Å². The van der Waals surface area contributed by atoms with E-state index < -0.39 is 0 Å². The number of Topliss-reactive ketones (excluding diaryl/α,β-unsaturated/α-hetero) is 1. The van der Waals surface area contributed by atoms with Crippen LogP contribution in [-0.4, -0.2) is 28.9 Å². The van der Waals surface area contributed by atoms with Gasteiger partial charge < -0.3 is 5.11 Å². The van der Waals surface area contributed by atoms with Crippen LogP contribution in [0.25, 0.3) is 0 Å². The van der Waals surface area contributed by atoms with E-state index in [1.54, 1.807) is 0 Å². The lowest BCUT2D eigenvalue weighted by Crippen LogP contribution is -2.38. The largest absolute Gasteiger partial charge is 0.392 e. The Kier molecular flexibility index (Phi) is 5.67. The Balaban J connectivity index is 1.63. The molecule has 2 aromatic carbocycles. The molecule has 0 amide bonds.